The third-order valence-electron chi connectivity index (χ3n) is 1.60. The van der Waals surface area contributed by atoms with Gasteiger partial charge in [0.15, 0.2) is 5.82 Å². The smallest absolute Gasteiger partial charge is 0.192 e. The summed E-state index contributed by atoms with van der Waals surface area (Å²) in [7, 11) is 0. The van der Waals surface area contributed by atoms with E-state index < -0.39 is 0 Å². The maximum Gasteiger partial charge on any atom is 0.192 e. The van der Waals surface area contributed by atoms with E-state index in [0.717, 1.165) is 18.1 Å². The number of aromatic nitrogens is 4. The van der Waals surface area contributed by atoms with Crippen molar-refractivity contribution in [2.45, 2.75) is 6.04 Å². The number of thioether (sulfide) groups is 1. The number of hydrogen-bond acceptors (Lipinski definition) is 5. The first-order chi connectivity index (χ1) is 5.47. The molecule has 0 bridgehead atoms. The normalized spacial score (nSPS) is 25.3. The average molecular weight is 171 g/mol. The predicted octanol–water partition coefficient (Wildman–Crippen LogP) is -0.423. The van der Waals surface area contributed by atoms with Gasteiger partial charge in [-0.3, -0.25) is 0 Å². The summed E-state index contributed by atoms with van der Waals surface area (Å²) in [5.74, 6) is 2.99. The minimum atomic E-state index is 0.285. The van der Waals surface area contributed by atoms with Crippen LogP contribution in [0.1, 0.15) is 11.9 Å². The van der Waals surface area contributed by atoms with Crippen LogP contribution in [0.15, 0.2) is 0 Å². The van der Waals surface area contributed by atoms with Crippen molar-refractivity contribution in [3.8, 4) is 0 Å². The summed E-state index contributed by atoms with van der Waals surface area (Å²) in [6, 6.07) is 0.285. The zero-order valence-electron chi connectivity index (χ0n) is 5.95. The Balaban J connectivity index is 2.04. The largest absolute Gasteiger partial charge is 0.306 e. The number of nitrogens with zero attached hydrogens (tertiary/aromatic N) is 3. The van der Waals surface area contributed by atoms with Gasteiger partial charge in [0.25, 0.3) is 0 Å². The van der Waals surface area contributed by atoms with Crippen LogP contribution in [0.4, 0.5) is 0 Å². The van der Waals surface area contributed by atoms with Crippen molar-refractivity contribution in [2.75, 3.05) is 18.1 Å². The molecule has 0 radical (unpaired) electrons. The molecule has 1 aromatic heterocycles. The van der Waals surface area contributed by atoms with Gasteiger partial charge in [0, 0.05) is 18.1 Å². The Kier molecular flexibility index (Phi) is 2.04. The summed E-state index contributed by atoms with van der Waals surface area (Å²) in [6.07, 6.45) is 0. The lowest BCUT2D eigenvalue weighted by molar-refractivity contribution is 0.565. The van der Waals surface area contributed by atoms with Gasteiger partial charge in [-0.15, -0.1) is 10.2 Å². The fourth-order valence-corrected chi connectivity index (χ4v) is 1.98. The molecular formula is C5H9N5S. The highest BCUT2D eigenvalue weighted by atomic mass is 32.2. The maximum absolute atomic E-state index is 3.92. The van der Waals surface area contributed by atoms with E-state index in [1.54, 1.807) is 0 Å². The summed E-state index contributed by atoms with van der Waals surface area (Å²) >= 11 is 1.92. The van der Waals surface area contributed by atoms with Gasteiger partial charge in [0.1, 0.15) is 0 Å². The van der Waals surface area contributed by atoms with Crippen LogP contribution >= 0.6 is 11.8 Å². The lowest BCUT2D eigenvalue weighted by Crippen LogP contribution is -2.31. The molecule has 11 heavy (non-hydrogen) atoms. The van der Waals surface area contributed by atoms with Crippen LogP contribution in [-0.2, 0) is 0 Å². The summed E-state index contributed by atoms with van der Waals surface area (Å²) in [5.41, 5.74) is 0. The van der Waals surface area contributed by atoms with E-state index in [9.17, 15) is 0 Å². The highest BCUT2D eigenvalue weighted by Crippen LogP contribution is 2.17. The molecule has 60 valence electrons. The summed E-state index contributed by atoms with van der Waals surface area (Å²) in [5, 5.41) is 17.1. The van der Waals surface area contributed by atoms with Gasteiger partial charge in [-0.2, -0.15) is 17.0 Å². The minimum absolute atomic E-state index is 0.285. The maximum atomic E-state index is 3.92. The number of rotatable bonds is 1. The standard InChI is InChI=1S/C5H9N5S/c1-2-11-3-4(6-1)5-7-9-10-8-5/h4,6H,1-3H2,(H,7,8,9,10)/t4-/m1/s1. The molecule has 1 aromatic rings. The molecule has 2 heterocycles. The van der Waals surface area contributed by atoms with Crippen LogP contribution in [0.25, 0.3) is 0 Å². The molecule has 6 heteroatoms. The monoisotopic (exact) mass is 171 g/mol. The van der Waals surface area contributed by atoms with Gasteiger partial charge in [0.05, 0.1) is 6.04 Å². The van der Waals surface area contributed by atoms with Gasteiger partial charge >= 0.3 is 0 Å². The third kappa shape index (κ3) is 1.51. The molecule has 0 aromatic carbocycles. The summed E-state index contributed by atoms with van der Waals surface area (Å²) in [6.45, 7) is 1.03. The van der Waals surface area contributed by atoms with Crippen molar-refractivity contribution in [3.63, 3.8) is 0 Å². The predicted molar refractivity (Wildman–Crippen MR) is 42.2 cm³/mol. The van der Waals surface area contributed by atoms with Crippen molar-refractivity contribution < 1.29 is 0 Å². The number of H-pyrrole nitrogens is 1. The van der Waals surface area contributed by atoms with Crippen LogP contribution in [0.3, 0.4) is 0 Å². The molecule has 0 spiro atoms. The molecule has 0 aliphatic carbocycles. The topological polar surface area (TPSA) is 66.5 Å². The zero-order valence-corrected chi connectivity index (χ0v) is 6.77. The Morgan fingerprint density at radius 2 is 2.55 bits per heavy atom. The molecule has 0 saturated carbocycles. The average Bonchev–Trinajstić information content (AvgIpc) is 2.58. The van der Waals surface area contributed by atoms with Crippen molar-refractivity contribution in [3.05, 3.63) is 5.82 Å². The molecule has 1 atom stereocenters. The first-order valence-electron chi connectivity index (χ1n) is 3.51. The highest BCUT2D eigenvalue weighted by Gasteiger charge is 2.18. The lowest BCUT2D eigenvalue weighted by Gasteiger charge is -2.19. The second-order valence-corrected chi connectivity index (χ2v) is 3.50. The van der Waals surface area contributed by atoms with E-state index in [0.29, 0.717) is 0 Å². The second kappa shape index (κ2) is 3.19. The van der Waals surface area contributed by atoms with E-state index in [1.165, 1.54) is 5.75 Å². The Morgan fingerprint density at radius 3 is 3.18 bits per heavy atom. The van der Waals surface area contributed by atoms with Gasteiger partial charge in [-0.25, -0.2) is 0 Å². The van der Waals surface area contributed by atoms with Gasteiger partial charge < -0.3 is 5.32 Å². The third-order valence-corrected chi connectivity index (χ3v) is 2.66. The molecule has 0 amide bonds. The Hall–Kier alpha value is -0.620. The Morgan fingerprint density at radius 1 is 1.55 bits per heavy atom. The van der Waals surface area contributed by atoms with Gasteiger partial charge in [-0.05, 0) is 0 Å². The Labute approximate surface area is 68.3 Å². The highest BCUT2D eigenvalue weighted by molar-refractivity contribution is 7.99. The molecule has 1 aliphatic rings. The van der Waals surface area contributed by atoms with Crippen LogP contribution < -0.4 is 5.32 Å². The molecule has 2 N–H and O–H groups in total. The van der Waals surface area contributed by atoms with E-state index in [1.807, 2.05) is 11.8 Å². The van der Waals surface area contributed by atoms with Crippen molar-refractivity contribution in [1.82, 2.24) is 25.9 Å². The van der Waals surface area contributed by atoms with Crippen LogP contribution in [0.2, 0.25) is 0 Å². The van der Waals surface area contributed by atoms with Crippen LogP contribution in [0.5, 0.6) is 0 Å². The molecule has 0 unspecified atom stereocenters. The minimum Gasteiger partial charge on any atom is -0.306 e. The van der Waals surface area contributed by atoms with Crippen LogP contribution in [0, 0.1) is 0 Å². The fraction of sp³-hybridized carbons (Fsp3) is 0.800. The number of hydrogen-bond donors (Lipinski definition) is 2. The molecule has 5 nitrogen and oxygen atoms in total. The van der Waals surface area contributed by atoms with E-state index >= 15 is 0 Å². The zero-order chi connectivity index (χ0) is 7.52. The molecule has 1 saturated heterocycles. The SMILES string of the molecule is C1CSC[C@H](c2nn[nH]n2)N1. The Bertz CT molecular complexity index is 205. The van der Waals surface area contributed by atoms with Gasteiger partial charge in [-0.1, -0.05) is 5.21 Å². The second-order valence-electron chi connectivity index (χ2n) is 2.35. The first kappa shape index (κ1) is 7.05. The van der Waals surface area contributed by atoms with E-state index in [2.05, 4.69) is 25.9 Å². The van der Waals surface area contributed by atoms with E-state index in [4.69, 9.17) is 0 Å². The lowest BCUT2D eigenvalue weighted by atomic mass is 10.3. The van der Waals surface area contributed by atoms with Crippen molar-refractivity contribution in [2.24, 2.45) is 0 Å². The summed E-state index contributed by atoms with van der Waals surface area (Å²) in [4.78, 5) is 0. The molecule has 2 rings (SSSR count). The quantitative estimate of drug-likeness (QED) is 0.600. The molecular weight excluding hydrogens is 162 g/mol. The number of aromatic amines is 1. The van der Waals surface area contributed by atoms with Crippen molar-refractivity contribution >= 4 is 11.8 Å². The molecule has 1 fully saturated rings. The van der Waals surface area contributed by atoms with Gasteiger partial charge in [0.2, 0.25) is 0 Å². The number of tetrazole rings is 1. The van der Waals surface area contributed by atoms with E-state index in [-0.39, 0.29) is 6.04 Å². The first-order valence-corrected chi connectivity index (χ1v) is 4.67. The van der Waals surface area contributed by atoms with Crippen LogP contribution in [-0.4, -0.2) is 38.7 Å². The number of nitrogens with one attached hydrogen (secondary N) is 2. The molecule has 1 aliphatic heterocycles. The summed E-state index contributed by atoms with van der Waals surface area (Å²) < 4.78 is 0. The van der Waals surface area contributed by atoms with Crippen molar-refractivity contribution in [1.29, 1.82) is 0 Å². The fourth-order valence-electron chi connectivity index (χ4n) is 1.05.